The van der Waals surface area contributed by atoms with Gasteiger partial charge in [0.1, 0.15) is 0 Å². The summed E-state index contributed by atoms with van der Waals surface area (Å²) in [6, 6.07) is 9.65. The molecule has 0 radical (unpaired) electrons. The zero-order valence-corrected chi connectivity index (χ0v) is 12.3. The number of nitrogens with zero attached hydrogens (tertiary/aromatic N) is 3. The molecule has 21 heavy (non-hydrogen) atoms. The molecule has 1 amide bonds. The van der Waals surface area contributed by atoms with Crippen molar-refractivity contribution in [2.24, 2.45) is 0 Å². The van der Waals surface area contributed by atoms with E-state index in [1.807, 2.05) is 48.9 Å². The molecule has 2 heterocycles. The molecule has 2 aromatic rings. The summed E-state index contributed by atoms with van der Waals surface area (Å²) < 4.78 is 1.96. The Labute approximate surface area is 123 Å². The summed E-state index contributed by atoms with van der Waals surface area (Å²) in [5, 5.41) is 13.7. The molecule has 5 heteroatoms. The van der Waals surface area contributed by atoms with Crippen molar-refractivity contribution in [1.29, 1.82) is 0 Å². The van der Waals surface area contributed by atoms with Crippen LogP contribution in [0.1, 0.15) is 27.3 Å². The second kappa shape index (κ2) is 5.33. The number of carbonyl (C=O) groups excluding carboxylic acids is 1. The van der Waals surface area contributed by atoms with Crippen LogP contribution in [0.25, 0.3) is 0 Å². The Morgan fingerprint density at radius 3 is 2.48 bits per heavy atom. The zero-order valence-electron chi connectivity index (χ0n) is 12.3. The smallest absolute Gasteiger partial charge is 0.254 e. The first kappa shape index (κ1) is 13.8. The highest BCUT2D eigenvalue weighted by atomic mass is 16.3. The molecule has 0 atom stereocenters. The van der Waals surface area contributed by atoms with Crippen LogP contribution in [0.4, 0.5) is 0 Å². The molecule has 1 aliphatic heterocycles. The largest absolute Gasteiger partial charge is 0.389 e. The molecule has 1 aromatic heterocycles. The minimum Gasteiger partial charge on any atom is -0.389 e. The van der Waals surface area contributed by atoms with E-state index in [0.717, 1.165) is 17.0 Å². The highest BCUT2D eigenvalue weighted by Gasteiger charge is 2.29. The van der Waals surface area contributed by atoms with Crippen LogP contribution >= 0.6 is 0 Å². The number of hydrogen-bond acceptors (Lipinski definition) is 3. The topological polar surface area (TPSA) is 58.4 Å². The Morgan fingerprint density at radius 2 is 1.95 bits per heavy atom. The molecule has 0 unspecified atom stereocenters. The predicted octanol–water partition coefficient (Wildman–Crippen LogP) is 1.36. The lowest BCUT2D eigenvalue weighted by atomic mass is 10.1. The van der Waals surface area contributed by atoms with E-state index in [2.05, 4.69) is 5.10 Å². The fourth-order valence-electron chi connectivity index (χ4n) is 2.56. The summed E-state index contributed by atoms with van der Waals surface area (Å²) in [4.78, 5) is 13.8. The van der Waals surface area contributed by atoms with Gasteiger partial charge in [-0.2, -0.15) is 5.10 Å². The van der Waals surface area contributed by atoms with Gasteiger partial charge in [-0.25, -0.2) is 0 Å². The number of hydrogen-bond donors (Lipinski definition) is 1. The first-order valence-corrected chi connectivity index (χ1v) is 7.10. The lowest BCUT2D eigenvalue weighted by Gasteiger charge is -2.35. The Balaban J connectivity index is 1.69. The first-order valence-electron chi connectivity index (χ1n) is 7.10. The van der Waals surface area contributed by atoms with Gasteiger partial charge in [0, 0.05) is 24.3 Å². The number of β-amino-alcohol motifs (C(OH)–C–C–N with tert-alkyl or cyclic N) is 1. The number of carbonyl (C=O) groups is 1. The van der Waals surface area contributed by atoms with E-state index in [4.69, 9.17) is 0 Å². The molecule has 110 valence electrons. The molecule has 0 aliphatic carbocycles. The zero-order chi connectivity index (χ0) is 15.0. The summed E-state index contributed by atoms with van der Waals surface area (Å²) in [6.45, 7) is 5.59. The molecule has 0 saturated carbocycles. The Morgan fingerprint density at radius 1 is 1.29 bits per heavy atom. The summed E-state index contributed by atoms with van der Waals surface area (Å²) in [5.74, 6) is -0.0158. The quantitative estimate of drug-likeness (QED) is 0.926. The van der Waals surface area contributed by atoms with Crippen molar-refractivity contribution >= 4 is 5.91 Å². The number of rotatable bonds is 3. The number of amides is 1. The molecule has 0 spiro atoms. The van der Waals surface area contributed by atoms with Crippen molar-refractivity contribution in [2.45, 2.75) is 26.5 Å². The summed E-state index contributed by atoms with van der Waals surface area (Å²) >= 11 is 0. The molecule has 1 aliphatic rings. The number of aliphatic hydroxyl groups is 1. The fraction of sp³-hybridized carbons (Fsp3) is 0.375. The minimum atomic E-state index is -0.362. The third kappa shape index (κ3) is 2.83. The average Bonchev–Trinajstić information content (AvgIpc) is 2.73. The van der Waals surface area contributed by atoms with E-state index in [1.54, 1.807) is 4.90 Å². The number of likely N-dealkylation sites (tertiary alicyclic amines) is 1. The second-order valence-corrected chi connectivity index (χ2v) is 5.65. The van der Waals surface area contributed by atoms with E-state index in [-0.39, 0.29) is 12.0 Å². The van der Waals surface area contributed by atoms with E-state index in [9.17, 15) is 9.90 Å². The third-order valence-corrected chi connectivity index (χ3v) is 3.79. The van der Waals surface area contributed by atoms with Crippen LogP contribution < -0.4 is 0 Å². The molecule has 1 fully saturated rings. The van der Waals surface area contributed by atoms with Gasteiger partial charge in [-0.05, 0) is 37.6 Å². The SMILES string of the molecule is Cc1cc(C)n(Cc2ccc(C(=O)N3CC(O)C3)cc2)n1. The highest BCUT2D eigenvalue weighted by Crippen LogP contribution is 2.15. The average molecular weight is 285 g/mol. The van der Waals surface area contributed by atoms with Crippen LogP contribution in [0.15, 0.2) is 30.3 Å². The molecule has 1 N–H and O–H groups in total. The summed E-state index contributed by atoms with van der Waals surface area (Å²) in [6.07, 6.45) is -0.362. The lowest BCUT2D eigenvalue weighted by molar-refractivity contribution is 0.00589. The van der Waals surface area contributed by atoms with Crippen molar-refractivity contribution in [3.63, 3.8) is 0 Å². The standard InChI is InChI=1S/C16H19N3O2/c1-11-7-12(2)19(17-11)8-13-3-5-14(6-4-13)16(21)18-9-15(20)10-18/h3-7,15,20H,8-10H2,1-2H3. The molecule has 1 aromatic carbocycles. The van der Waals surface area contributed by atoms with Crippen LogP contribution in [0.5, 0.6) is 0 Å². The molecule has 5 nitrogen and oxygen atoms in total. The number of aromatic nitrogens is 2. The Bertz CT molecular complexity index is 655. The molecule has 3 rings (SSSR count). The fourth-order valence-corrected chi connectivity index (χ4v) is 2.56. The van der Waals surface area contributed by atoms with Crippen LogP contribution in [-0.2, 0) is 6.54 Å². The maximum atomic E-state index is 12.1. The van der Waals surface area contributed by atoms with Crippen molar-refractivity contribution < 1.29 is 9.90 Å². The summed E-state index contributed by atoms with van der Waals surface area (Å²) in [5.41, 5.74) is 3.92. The number of benzene rings is 1. The van der Waals surface area contributed by atoms with Crippen LogP contribution in [-0.4, -0.2) is 44.9 Å². The van der Waals surface area contributed by atoms with Gasteiger partial charge in [0.25, 0.3) is 5.91 Å². The maximum Gasteiger partial charge on any atom is 0.254 e. The van der Waals surface area contributed by atoms with E-state index >= 15 is 0 Å². The van der Waals surface area contributed by atoms with Crippen molar-refractivity contribution in [1.82, 2.24) is 14.7 Å². The van der Waals surface area contributed by atoms with Gasteiger partial charge in [0.15, 0.2) is 0 Å². The minimum absolute atomic E-state index is 0.0158. The van der Waals surface area contributed by atoms with Crippen molar-refractivity contribution in [2.75, 3.05) is 13.1 Å². The van der Waals surface area contributed by atoms with Crippen LogP contribution in [0, 0.1) is 13.8 Å². The number of aryl methyl sites for hydroxylation is 2. The van der Waals surface area contributed by atoms with Gasteiger partial charge in [-0.3, -0.25) is 9.48 Å². The third-order valence-electron chi connectivity index (χ3n) is 3.79. The lowest BCUT2D eigenvalue weighted by Crippen LogP contribution is -2.53. The van der Waals surface area contributed by atoms with Crippen molar-refractivity contribution in [3.8, 4) is 0 Å². The molecular weight excluding hydrogens is 266 g/mol. The normalized spacial score (nSPS) is 15.1. The molecule has 0 bridgehead atoms. The molecule has 1 saturated heterocycles. The van der Waals surface area contributed by atoms with E-state index in [0.29, 0.717) is 25.2 Å². The maximum absolute atomic E-state index is 12.1. The highest BCUT2D eigenvalue weighted by molar-refractivity contribution is 5.94. The van der Waals surface area contributed by atoms with Gasteiger partial charge in [-0.15, -0.1) is 0 Å². The number of aliphatic hydroxyl groups excluding tert-OH is 1. The van der Waals surface area contributed by atoms with Crippen LogP contribution in [0.3, 0.4) is 0 Å². The van der Waals surface area contributed by atoms with Crippen LogP contribution in [0.2, 0.25) is 0 Å². The summed E-state index contributed by atoms with van der Waals surface area (Å²) in [7, 11) is 0. The van der Waals surface area contributed by atoms with Gasteiger partial charge in [0.2, 0.25) is 0 Å². The monoisotopic (exact) mass is 285 g/mol. The van der Waals surface area contributed by atoms with E-state index < -0.39 is 0 Å². The molecular formula is C16H19N3O2. The van der Waals surface area contributed by atoms with Gasteiger partial charge in [-0.1, -0.05) is 12.1 Å². The van der Waals surface area contributed by atoms with Gasteiger partial charge >= 0.3 is 0 Å². The Kier molecular flexibility index (Phi) is 3.51. The van der Waals surface area contributed by atoms with Crippen molar-refractivity contribution in [3.05, 3.63) is 52.8 Å². The van der Waals surface area contributed by atoms with Gasteiger partial charge in [0.05, 0.1) is 18.3 Å². The van der Waals surface area contributed by atoms with E-state index in [1.165, 1.54) is 0 Å². The first-order chi connectivity index (χ1) is 10.0. The van der Waals surface area contributed by atoms with Gasteiger partial charge < -0.3 is 10.0 Å². The predicted molar refractivity (Wildman–Crippen MR) is 79.2 cm³/mol. The second-order valence-electron chi connectivity index (χ2n) is 5.65. The Hall–Kier alpha value is -2.14.